The minimum absolute atomic E-state index is 0.0985. The Morgan fingerprint density at radius 1 is 1.03 bits per heavy atom. The van der Waals surface area contributed by atoms with E-state index in [2.05, 4.69) is 5.32 Å². The van der Waals surface area contributed by atoms with Crippen LogP contribution in [0.2, 0.25) is 15.1 Å². The van der Waals surface area contributed by atoms with E-state index in [0.717, 1.165) is 0 Å². The maximum atomic E-state index is 13.1. The number of halogens is 4. The van der Waals surface area contributed by atoms with Crippen molar-refractivity contribution < 1.29 is 13.9 Å². The summed E-state index contributed by atoms with van der Waals surface area (Å²) >= 11 is 18.2. The third kappa shape index (κ3) is 6.22. The van der Waals surface area contributed by atoms with Crippen LogP contribution in [0.5, 0.6) is 5.75 Å². The predicted octanol–water partition coefficient (Wildman–Crippen LogP) is 6.91. The Hall–Kier alpha value is -3.04. The zero-order chi connectivity index (χ0) is 22.4. The summed E-state index contributed by atoms with van der Waals surface area (Å²) in [6.07, 6.45) is 1.34. The van der Waals surface area contributed by atoms with Gasteiger partial charge in [-0.3, -0.25) is 4.79 Å². The molecule has 0 atom stereocenters. The van der Waals surface area contributed by atoms with Crippen LogP contribution in [0.25, 0.3) is 6.08 Å². The summed E-state index contributed by atoms with van der Waals surface area (Å²) in [4.78, 5) is 12.5. The average Bonchev–Trinajstić information content (AvgIpc) is 2.74. The highest BCUT2D eigenvalue weighted by molar-refractivity contribution is 6.36. The molecule has 31 heavy (non-hydrogen) atoms. The predicted molar refractivity (Wildman–Crippen MR) is 121 cm³/mol. The molecular formula is C23H14Cl3FN2O2. The number of hydrogen-bond acceptors (Lipinski definition) is 3. The second kappa shape index (κ2) is 10.3. The van der Waals surface area contributed by atoms with Crippen molar-refractivity contribution >= 4 is 52.5 Å². The number of amides is 1. The van der Waals surface area contributed by atoms with Gasteiger partial charge in [0.15, 0.2) is 0 Å². The first kappa shape index (κ1) is 22.6. The smallest absolute Gasteiger partial charge is 0.266 e. The van der Waals surface area contributed by atoms with Crippen LogP contribution in [0.15, 0.2) is 66.2 Å². The summed E-state index contributed by atoms with van der Waals surface area (Å²) < 4.78 is 18.9. The molecule has 0 unspecified atom stereocenters. The second-order valence-electron chi connectivity index (χ2n) is 6.35. The van der Waals surface area contributed by atoms with Gasteiger partial charge in [0.1, 0.15) is 29.8 Å². The molecule has 1 N–H and O–H groups in total. The number of carbonyl (C=O) groups is 1. The Balaban J connectivity index is 1.87. The van der Waals surface area contributed by atoms with Gasteiger partial charge in [-0.25, -0.2) is 4.39 Å². The van der Waals surface area contributed by atoms with Gasteiger partial charge in [0.25, 0.3) is 5.91 Å². The Bertz CT molecular complexity index is 1170. The monoisotopic (exact) mass is 474 g/mol. The fourth-order valence-electron chi connectivity index (χ4n) is 2.61. The Kier molecular flexibility index (Phi) is 7.54. The highest BCUT2D eigenvalue weighted by atomic mass is 35.5. The fourth-order valence-corrected chi connectivity index (χ4v) is 3.30. The van der Waals surface area contributed by atoms with E-state index in [1.165, 1.54) is 30.3 Å². The maximum absolute atomic E-state index is 13.1. The van der Waals surface area contributed by atoms with E-state index >= 15 is 0 Å². The molecule has 0 aliphatic heterocycles. The van der Waals surface area contributed by atoms with Crippen molar-refractivity contribution in [3.63, 3.8) is 0 Å². The SMILES string of the molecule is N#C/C(=C\c1cc(Cl)cc(Cl)c1OCc1ccc(F)cc1)C(=O)Nc1ccc(Cl)cc1. The molecule has 0 heterocycles. The molecule has 1 amide bonds. The molecule has 0 spiro atoms. The number of nitrogens with zero attached hydrogens (tertiary/aromatic N) is 1. The molecule has 0 bridgehead atoms. The number of nitriles is 1. The highest BCUT2D eigenvalue weighted by Crippen LogP contribution is 2.34. The molecule has 0 fully saturated rings. The number of ether oxygens (including phenoxy) is 1. The molecule has 0 aromatic heterocycles. The summed E-state index contributed by atoms with van der Waals surface area (Å²) in [5, 5.41) is 13.2. The third-order valence-electron chi connectivity index (χ3n) is 4.10. The fraction of sp³-hybridized carbons (Fsp3) is 0.0435. The summed E-state index contributed by atoms with van der Waals surface area (Å²) in [5.41, 5.74) is 1.36. The van der Waals surface area contributed by atoms with Gasteiger partial charge < -0.3 is 10.1 Å². The highest BCUT2D eigenvalue weighted by Gasteiger charge is 2.15. The van der Waals surface area contributed by atoms with Gasteiger partial charge in [-0.05, 0) is 60.2 Å². The van der Waals surface area contributed by atoms with E-state index < -0.39 is 5.91 Å². The lowest BCUT2D eigenvalue weighted by Crippen LogP contribution is -2.13. The van der Waals surface area contributed by atoms with Crippen molar-refractivity contribution in [1.82, 2.24) is 0 Å². The molecule has 0 saturated heterocycles. The van der Waals surface area contributed by atoms with Gasteiger partial charge in [-0.2, -0.15) is 5.26 Å². The van der Waals surface area contributed by atoms with Crippen LogP contribution in [-0.2, 0) is 11.4 Å². The minimum Gasteiger partial charge on any atom is -0.487 e. The summed E-state index contributed by atoms with van der Waals surface area (Å²) in [6, 6.07) is 17.1. The largest absolute Gasteiger partial charge is 0.487 e. The molecular weight excluding hydrogens is 462 g/mol. The van der Waals surface area contributed by atoms with E-state index in [0.29, 0.717) is 26.9 Å². The van der Waals surface area contributed by atoms with Crippen molar-refractivity contribution in [2.75, 3.05) is 5.32 Å². The lowest BCUT2D eigenvalue weighted by molar-refractivity contribution is -0.112. The number of anilines is 1. The third-order valence-corrected chi connectivity index (χ3v) is 4.85. The summed E-state index contributed by atoms with van der Waals surface area (Å²) in [5.74, 6) is -0.741. The van der Waals surface area contributed by atoms with E-state index in [4.69, 9.17) is 39.5 Å². The van der Waals surface area contributed by atoms with Crippen molar-refractivity contribution in [3.8, 4) is 11.8 Å². The first-order chi connectivity index (χ1) is 14.9. The number of nitrogens with one attached hydrogen (secondary N) is 1. The van der Waals surface area contributed by atoms with Crippen molar-refractivity contribution in [2.24, 2.45) is 0 Å². The molecule has 3 aromatic carbocycles. The Morgan fingerprint density at radius 2 is 1.71 bits per heavy atom. The lowest BCUT2D eigenvalue weighted by Gasteiger charge is -2.13. The molecule has 8 heteroatoms. The van der Waals surface area contributed by atoms with Crippen molar-refractivity contribution in [1.29, 1.82) is 5.26 Å². The Labute approximate surface area is 193 Å². The first-order valence-corrected chi connectivity index (χ1v) is 10.0. The van der Waals surface area contributed by atoms with Crippen LogP contribution in [0, 0.1) is 17.1 Å². The quantitative estimate of drug-likeness (QED) is 0.311. The van der Waals surface area contributed by atoms with Gasteiger partial charge in [-0.15, -0.1) is 0 Å². The zero-order valence-corrected chi connectivity index (χ0v) is 18.1. The summed E-state index contributed by atoms with van der Waals surface area (Å²) in [7, 11) is 0. The number of rotatable bonds is 6. The lowest BCUT2D eigenvalue weighted by atomic mass is 10.1. The van der Waals surface area contributed by atoms with Gasteiger partial charge in [-0.1, -0.05) is 46.9 Å². The number of benzene rings is 3. The standard InChI is InChI=1S/C23H14Cl3FN2O2/c24-17-3-7-20(8-4-17)29-23(30)16(12-28)9-15-10-18(25)11-21(26)22(15)31-13-14-1-5-19(27)6-2-14/h1-11H,13H2,(H,29,30)/b16-9+. The second-order valence-corrected chi connectivity index (χ2v) is 7.63. The summed E-state index contributed by atoms with van der Waals surface area (Å²) in [6.45, 7) is 0.0985. The molecule has 0 aliphatic rings. The van der Waals surface area contributed by atoms with Crippen LogP contribution in [-0.4, -0.2) is 5.91 Å². The van der Waals surface area contributed by atoms with Gasteiger partial charge in [0.2, 0.25) is 0 Å². The first-order valence-electron chi connectivity index (χ1n) is 8.90. The maximum Gasteiger partial charge on any atom is 0.266 e. The topological polar surface area (TPSA) is 62.1 Å². The van der Waals surface area contributed by atoms with E-state index in [-0.39, 0.29) is 28.8 Å². The van der Waals surface area contributed by atoms with Gasteiger partial charge in [0.05, 0.1) is 5.02 Å². The van der Waals surface area contributed by atoms with Gasteiger partial charge >= 0.3 is 0 Å². The molecule has 0 saturated carbocycles. The van der Waals surface area contributed by atoms with Crippen LogP contribution >= 0.6 is 34.8 Å². The molecule has 3 aromatic rings. The van der Waals surface area contributed by atoms with Crippen molar-refractivity contribution in [2.45, 2.75) is 6.61 Å². The van der Waals surface area contributed by atoms with E-state index in [1.807, 2.05) is 6.07 Å². The van der Waals surface area contributed by atoms with Crippen LogP contribution < -0.4 is 10.1 Å². The minimum atomic E-state index is -0.620. The normalized spacial score (nSPS) is 11.0. The van der Waals surface area contributed by atoms with Gasteiger partial charge in [0, 0.05) is 21.3 Å². The Morgan fingerprint density at radius 3 is 2.35 bits per heavy atom. The number of carbonyl (C=O) groups excluding carboxylic acids is 1. The van der Waals surface area contributed by atoms with Crippen molar-refractivity contribution in [3.05, 3.63) is 98.2 Å². The van der Waals surface area contributed by atoms with Crippen LogP contribution in [0.3, 0.4) is 0 Å². The van der Waals surface area contributed by atoms with E-state index in [9.17, 15) is 14.4 Å². The molecule has 4 nitrogen and oxygen atoms in total. The zero-order valence-electron chi connectivity index (χ0n) is 15.8. The molecule has 0 aliphatic carbocycles. The van der Waals surface area contributed by atoms with E-state index in [1.54, 1.807) is 36.4 Å². The van der Waals surface area contributed by atoms with Crippen LogP contribution in [0.1, 0.15) is 11.1 Å². The molecule has 3 rings (SSSR count). The molecule has 156 valence electrons. The molecule has 0 radical (unpaired) electrons. The average molecular weight is 476 g/mol. The van der Waals surface area contributed by atoms with Crippen LogP contribution in [0.4, 0.5) is 10.1 Å². The number of hydrogen-bond donors (Lipinski definition) is 1.